The van der Waals surface area contributed by atoms with Crippen molar-refractivity contribution in [1.82, 2.24) is 4.90 Å². The van der Waals surface area contributed by atoms with E-state index in [0.29, 0.717) is 0 Å². The van der Waals surface area contributed by atoms with Gasteiger partial charge in [-0.15, -0.1) is 0 Å². The molecule has 0 amide bonds. The van der Waals surface area contributed by atoms with Gasteiger partial charge in [-0.25, -0.2) is 0 Å². The Labute approximate surface area is 97.6 Å². The SMILES string of the molecule is CCC(O)(O)S(=O)(=O)O.CCN(CC)CC. The van der Waals surface area contributed by atoms with Crippen molar-refractivity contribution < 1.29 is 23.2 Å². The smallest absolute Gasteiger partial charge is 0.321 e. The topological polar surface area (TPSA) is 98.1 Å². The van der Waals surface area contributed by atoms with Crippen LogP contribution in [0.5, 0.6) is 0 Å². The molecule has 0 saturated heterocycles. The molecule has 0 fully saturated rings. The van der Waals surface area contributed by atoms with E-state index in [1.54, 1.807) is 0 Å². The van der Waals surface area contributed by atoms with Crippen molar-refractivity contribution in [2.24, 2.45) is 0 Å². The first-order valence-corrected chi connectivity index (χ1v) is 6.74. The van der Waals surface area contributed by atoms with E-state index in [1.165, 1.54) is 26.6 Å². The van der Waals surface area contributed by atoms with Crippen LogP contribution in [0.3, 0.4) is 0 Å². The van der Waals surface area contributed by atoms with Crippen LogP contribution in [0.2, 0.25) is 0 Å². The van der Waals surface area contributed by atoms with Crippen molar-refractivity contribution in [3.05, 3.63) is 0 Å². The molecule has 3 N–H and O–H groups in total. The molecule has 0 radical (unpaired) electrons. The maximum absolute atomic E-state index is 9.94. The fourth-order valence-electron chi connectivity index (χ4n) is 0.853. The molecule has 6 nitrogen and oxygen atoms in total. The Hall–Kier alpha value is -0.210. The Morgan fingerprint density at radius 1 is 1.00 bits per heavy atom. The van der Waals surface area contributed by atoms with Crippen LogP contribution in [0.4, 0.5) is 0 Å². The highest BCUT2D eigenvalue weighted by molar-refractivity contribution is 7.86. The van der Waals surface area contributed by atoms with Crippen LogP contribution in [0.15, 0.2) is 0 Å². The fraction of sp³-hybridized carbons (Fsp3) is 1.00. The summed E-state index contributed by atoms with van der Waals surface area (Å²) < 4.78 is 27.9. The van der Waals surface area contributed by atoms with Gasteiger partial charge in [0.15, 0.2) is 0 Å². The van der Waals surface area contributed by atoms with Crippen LogP contribution in [0.25, 0.3) is 0 Å². The summed E-state index contributed by atoms with van der Waals surface area (Å²) >= 11 is 0. The van der Waals surface area contributed by atoms with Gasteiger partial charge in [-0.2, -0.15) is 8.42 Å². The lowest BCUT2D eigenvalue weighted by Crippen LogP contribution is -2.36. The third kappa shape index (κ3) is 7.13. The Bertz CT molecular complexity index is 254. The zero-order valence-electron chi connectivity index (χ0n) is 10.3. The molecule has 0 aliphatic rings. The van der Waals surface area contributed by atoms with Crippen LogP contribution in [0.1, 0.15) is 34.1 Å². The van der Waals surface area contributed by atoms with Gasteiger partial charge in [-0.3, -0.25) is 4.55 Å². The van der Waals surface area contributed by atoms with Gasteiger partial charge in [0.1, 0.15) is 0 Å². The summed E-state index contributed by atoms with van der Waals surface area (Å²) in [5.41, 5.74) is 0. The van der Waals surface area contributed by atoms with Gasteiger partial charge in [0, 0.05) is 6.42 Å². The number of hydrogen-bond donors (Lipinski definition) is 3. The van der Waals surface area contributed by atoms with E-state index in [0.717, 1.165) is 0 Å². The van der Waals surface area contributed by atoms with Gasteiger partial charge >= 0.3 is 10.1 Å². The van der Waals surface area contributed by atoms with E-state index in [9.17, 15) is 8.42 Å². The van der Waals surface area contributed by atoms with E-state index in [2.05, 4.69) is 25.7 Å². The quantitative estimate of drug-likeness (QED) is 0.483. The van der Waals surface area contributed by atoms with E-state index in [-0.39, 0.29) is 0 Å². The molecule has 0 heterocycles. The molecule has 0 atom stereocenters. The maximum atomic E-state index is 9.94. The minimum atomic E-state index is -4.74. The third-order valence-corrected chi connectivity index (χ3v) is 3.33. The normalized spacial score (nSPS) is 12.2. The second-order valence-electron chi connectivity index (χ2n) is 3.19. The molecule has 0 aliphatic carbocycles. The predicted octanol–water partition coefficient (Wildman–Crippen LogP) is 0.271. The standard InChI is InChI=1S/C6H15N.C3H8O5S/c1-4-7(5-2)6-3;1-2-3(4,5)9(6,7)8/h4-6H2,1-3H3;4-5H,2H2,1H3,(H,6,7,8). The molecule has 7 heteroatoms. The van der Waals surface area contributed by atoms with Crippen LogP contribution in [-0.2, 0) is 10.1 Å². The summed E-state index contributed by atoms with van der Waals surface area (Å²) in [7, 11) is -4.74. The summed E-state index contributed by atoms with van der Waals surface area (Å²) in [6.45, 7) is 11.3. The lowest BCUT2D eigenvalue weighted by Gasteiger charge is -2.14. The van der Waals surface area contributed by atoms with E-state index in [4.69, 9.17) is 14.8 Å². The summed E-state index contributed by atoms with van der Waals surface area (Å²) in [4.78, 5) is 2.38. The van der Waals surface area contributed by atoms with Crippen LogP contribution < -0.4 is 0 Å². The van der Waals surface area contributed by atoms with Crippen LogP contribution in [0, 0.1) is 0 Å². The average molecular weight is 257 g/mol. The zero-order chi connectivity index (χ0) is 13.4. The highest BCUT2D eigenvalue weighted by Crippen LogP contribution is 2.11. The molecular weight excluding hydrogens is 234 g/mol. The molecule has 0 spiro atoms. The minimum Gasteiger partial charge on any atom is -0.352 e. The molecule has 0 aromatic heterocycles. The largest absolute Gasteiger partial charge is 0.352 e. The van der Waals surface area contributed by atoms with Crippen molar-refractivity contribution in [3.8, 4) is 0 Å². The summed E-state index contributed by atoms with van der Waals surface area (Å²) in [5, 5.41) is 13.8. The Morgan fingerprint density at radius 3 is 1.31 bits per heavy atom. The third-order valence-electron chi connectivity index (χ3n) is 2.22. The zero-order valence-corrected chi connectivity index (χ0v) is 11.2. The van der Waals surface area contributed by atoms with Crippen LogP contribution in [-0.4, -0.2) is 52.8 Å². The monoisotopic (exact) mass is 257 g/mol. The van der Waals surface area contributed by atoms with Gasteiger partial charge < -0.3 is 15.1 Å². The molecule has 0 saturated carbocycles. The Balaban J connectivity index is 0. The van der Waals surface area contributed by atoms with E-state index >= 15 is 0 Å². The van der Waals surface area contributed by atoms with Gasteiger partial charge in [0.25, 0.3) is 5.12 Å². The highest BCUT2D eigenvalue weighted by Gasteiger charge is 2.35. The number of rotatable bonds is 5. The number of nitrogens with zero attached hydrogens (tertiary/aromatic N) is 1. The van der Waals surface area contributed by atoms with Gasteiger partial charge in [0.2, 0.25) is 0 Å². The molecule has 100 valence electrons. The lowest BCUT2D eigenvalue weighted by molar-refractivity contribution is -0.0924. The number of aliphatic hydroxyl groups is 2. The highest BCUT2D eigenvalue weighted by atomic mass is 32.2. The first-order chi connectivity index (χ1) is 7.16. The molecule has 0 aromatic rings. The Kier molecular flexibility index (Phi) is 9.04. The van der Waals surface area contributed by atoms with Gasteiger partial charge in [-0.1, -0.05) is 27.7 Å². The molecule has 0 bridgehead atoms. The maximum Gasteiger partial charge on any atom is 0.321 e. The number of hydrogen-bond acceptors (Lipinski definition) is 5. The van der Waals surface area contributed by atoms with Crippen molar-refractivity contribution in [3.63, 3.8) is 0 Å². The van der Waals surface area contributed by atoms with Crippen LogP contribution >= 0.6 is 0 Å². The molecule has 0 rings (SSSR count). The van der Waals surface area contributed by atoms with E-state index in [1.807, 2.05) is 0 Å². The van der Waals surface area contributed by atoms with Crippen molar-refractivity contribution in [1.29, 1.82) is 0 Å². The first kappa shape index (κ1) is 18.2. The van der Waals surface area contributed by atoms with Gasteiger partial charge in [0.05, 0.1) is 0 Å². The van der Waals surface area contributed by atoms with Crippen molar-refractivity contribution in [2.75, 3.05) is 19.6 Å². The van der Waals surface area contributed by atoms with Crippen molar-refractivity contribution >= 4 is 10.1 Å². The van der Waals surface area contributed by atoms with E-state index < -0.39 is 21.7 Å². The molecular formula is C9H23NO5S. The molecule has 0 unspecified atom stereocenters. The molecule has 0 aliphatic heterocycles. The minimum absolute atomic E-state index is 0.466. The summed E-state index contributed by atoms with van der Waals surface area (Å²) in [6, 6.07) is 0. The summed E-state index contributed by atoms with van der Waals surface area (Å²) in [6.07, 6.45) is -0.466. The fourth-order valence-corrected chi connectivity index (χ4v) is 1.22. The Morgan fingerprint density at radius 2 is 1.31 bits per heavy atom. The second kappa shape index (κ2) is 7.97. The average Bonchev–Trinajstić information content (AvgIpc) is 2.20. The second-order valence-corrected chi connectivity index (χ2v) is 4.80. The first-order valence-electron chi connectivity index (χ1n) is 5.30. The van der Waals surface area contributed by atoms with Gasteiger partial charge in [-0.05, 0) is 19.6 Å². The lowest BCUT2D eigenvalue weighted by atomic mass is 10.5. The predicted molar refractivity (Wildman–Crippen MR) is 62.5 cm³/mol. The molecule has 16 heavy (non-hydrogen) atoms. The van der Waals surface area contributed by atoms with Crippen molar-refractivity contribution in [2.45, 2.75) is 39.2 Å². The summed E-state index contributed by atoms with van der Waals surface area (Å²) in [5.74, 6) is 0. The molecule has 0 aromatic carbocycles.